The average Bonchev–Trinajstić information content (AvgIpc) is 3.01. The first-order valence-corrected chi connectivity index (χ1v) is 14.8. The number of carbonyl (C=O) groups excluding carboxylic acids is 1. The maximum absolute atomic E-state index is 13.0. The van der Waals surface area contributed by atoms with Crippen molar-refractivity contribution in [3.63, 3.8) is 0 Å². The summed E-state index contributed by atoms with van der Waals surface area (Å²) >= 11 is 0. The van der Waals surface area contributed by atoms with E-state index in [4.69, 9.17) is 14.2 Å². The average molecular weight is 573 g/mol. The lowest BCUT2D eigenvalue weighted by Crippen LogP contribution is -2.50. The van der Waals surface area contributed by atoms with E-state index in [1.165, 1.54) is 19.3 Å². The summed E-state index contributed by atoms with van der Waals surface area (Å²) in [5.41, 5.74) is 2.74. The van der Waals surface area contributed by atoms with Crippen molar-refractivity contribution in [3.8, 4) is 23.3 Å². The molecule has 1 aromatic heterocycles. The fourth-order valence-corrected chi connectivity index (χ4v) is 5.59. The molecule has 0 spiro atoms. The Morgan fingerprint density at radius 1 is 1.14 bits per heavy atom. The van der Waals surface area contributed by atoms with Gasteiger partial charge in [-0.15, -0.1) is 0 Å². The van der Waals surface area contributed by atoms with Crippen molar-refractivity contribution < 1.29 is 19.0 Å². The molecule has 10 nitrogen and oxygen atoms in total. The number of carbonyl (C=O) groups is 1. The van der Waals surface area contributed by atoms with Gasteiger partial charge in [-0.1, -0.05) is 6.42 Å². The largest absolute Gasteiger partial charge is 0.493 e. The highest BCUT2D eigenvalue weighted by molar-refractivity contribution is 5.97. The number of anilines is 2. The Bertz CT molecular complexity index is 1410. The van der Waals surface area contributed by atoms with Crippen LogP contribution in [0, 0.1) is 11.3 Å². The van der Waals surface area contributed by atoms with Crippen LogP contribution in [0.4, 0.5) is 16.2 Å². The minimum absolute atomic E-state index is 0.0889. The number of piperazine rings is 1. The lowest BCUT2D eigenvalue weighted by Gasteiger charge is -2.37. The molecule has 0 bridgehead atoms. The summed E-state index contributed by atoms with van der Waals surface area (Å²) in [5, 5.41) is 17.3. The molecule has 0 radical (unpaired) electrons. The second-order valence-corrected chi connectivity index (χ2v) is 11.0. The van der Waals surface area contributed by atoms with E-state index in [0.29, 0.717) is 61.6 Å². The molecular formula is C32H40N6O4. The highest BCUT2D eigenvalue weighted by Gasteiger charge is 2.25. The maximum Gasteiger partial charge on any atom is 0.321 e. The second-order valence-electron chi connectivity index (χ2n) is 11.0. The molecule has 3 heterocycles. The van der Waals surface area contributed by atoms with Crippen LogP contribution in [0.25, 0.3) is 10.9 Å². The number of piperidine rings is 1. The Hall–Kier alpha value is -4.23. The van der Waals surface area contributed by atoms with Crippen molar-refractivity contribution in [2.45, 2.75) is 51.7 Å². The van der Waals surface area contributed by atoms with Crippen LogP contribution in [-0.4, -0.2) is 74.5 Å². The number of aromatic nitrogens is 1. The minimum Gasteiger partial charge on any atom is -0.493 e. The molecule has 2 aromatic carbocycles. The molecule has 2 aliphatic heterocycles. The van der Waals surface area contributed by atoms with Crippen LogP contribution in [0.15, 0.2) is 42.6 Å². The molecule has 0 aliphatic carbocycles. The van der Waals surface area contributed by atoms with E-state index in [0.717, 1.165) is 35.3 Å². The van der Waals surface area contributed by atoms with Crippen LogP contribution in [0.2, 0.25) is 0 Å². The zero-order chi connectivity index (χ0) is 29.5. The number of ether oxygens (including phenoxy) is 3. The van der Waals surface area contributed by atoms with Gasteiger partial charge in [0.05, 0.1) is 36.6 Å². The van der Waals surface area contributed by atoms with Gasteiger partial charge in [0.15, 0.2) is 11.5 Å². The fourth-order valence-electron chi connectivity index (χ4n) is 5.59. The van der Waals surface area contributed by atoms with Crippen molar-refractivity contribution in [1.29, 1.82) is 5.26 Å². The Kier molecular flexibility index (Phi) is 9.49. The first kappa shape index (κ1) is 29.3. The molecule has 222 valence electrons. The molecule has 1 atom stereocenters. The van der Waals surface area contributed by atoms with E-state index in [1.54, 1.807) is 18.2 Å². The van der Waals surface area contributed by atoms with Crippen molar-refractivity contribution in [2.75, 3.05) is 56.7 Å². The lowest BCUT2D eigenvalue weighted by molar-refractivity contribution is 0.208. The van der Waals surface area contributed by atoms with E-state index < -0.39 is 0 Å². The summed E-state index contributed by atoms with van der Waals surface area (Å²) in [6.07, 6.45) is 6.31. The number of fused-ring (bicyclic) bond motifs is 1. The van der Waals surface area contributed by atoms with Gasteiger partial charge in [-0.05, 0) is 70.0 Å². The topological polar surface area (TPSA) is 112 Å². The number of nitriles is 1. The van der Waals surface area contributed by atoms with Gasteiger partial charge in [0.25, 0.3) is 0 Å². The predicted molar refractivity (Wildman–Crippen MR) is 164 cm³/mol. The molecule has 2 saturated heterocycles. The SMILES string of the molecule is COc1cc2c(N3CCN(C(=O)Nc4ccc(OC(C)C)cc4)CC3)c(C#N)cnc2cc1OCCC1CCCCN1. The molecule has 2 aliphatic rings. The van der Waals surface area contributed by atoms with Gasteiger partial charge < -0.3 is 34.6 Å². The number of pyridine rings is 1. The van der Waals surface area contributed by atoms with Gasteiger partial charge in [-0.3, -0.25) is 4.98 Å². The Morgan fingerprint density at radius 2 is 1.93 bits per heavy atom. The van der Waals surface area contributed by atoms with Crippen LogP contribution in [-0.2, 0) is 0 Å². The van der Waals surface area contributed by atoms with E-state index in [1.807, 2.05) is 50.2 Å². The summed E-state index contributed by atoms with van der Waals surface area (Å²) in [4.78, 5) is 21.5. The third-order valence-electron chi connectivity index (χ3n) is 7.74. The number of rotatable bonds is 9. The highest BCUT2D eigenvalue weighted by Crippen LogP contribution is 2.38. The number of nitrogens with one attached hydrogen (secondary N) is 2. The first-order chi connectivity index (χ1) is 20.4. The molecule has 3 aromatic rings. The van der Waals surface area contributed by atoms with Crippen LogP contribution in [0.1, 0.15) is 45.1 Å². The van der Waals surface area contributed by atoms with E-state index in [2.05, 4.69) is 26.6 Å². The Balaban J connectivity index is 1.26. The van der Waals surface area contributed by atoms with Crippen molar-refractivity contribution in [3.05, 3.63) is 48.2 Å². The first-order valence-electron chi connectivity index (χ1n) is 14.8. The zero-order valence-corrected chi connectivity index (χ0v) is 24.7. The standard InChI is InChI=1S/C32H40N6O4/c1-22(2)42-26-9-7-25(8-10-26)36-32(39)38-15-13-37(14-16-38)31-23(20-33)21-35-28-19-30(29(40-3)18-27(28)31)41-17-11-24-6-4-5-12-34-24/h7-10,18-19,21-22,24,34H,4-6,11-17H2,1-3H3,(H,36,39). The maximum atomic E-state index is 13.0. The second kappa shape index (κ2) is 13.6. The van der Waals surface area contributed by atoms with Gasteiger partial charge in [-0.25, -0.2) is 4.79 Å². The summed E-state index contributed by atoms with van der Waals surface area (Å²) in [7, 11) is 1.63. The normalized spacial score (nSPS) is 17.2. The van der Waals surface area contributed by atoms with Gasteiger partial charge in [0.1, 0.15) is 11.8 Å². The molecule has 10 heteroatoms. The van der Waals surface area contributed by atoms with Gasteiger partial charge in [0.2, 0.25) is 0 Å². The molecule has 0 saturated carbocycles. The number of hydrogen-bond acceptors (Lipinski definition) is 8. The quantitative estimate of drug-likeness (QED) is 0.361. The van der Waals surface area contributed by atoms with Crippen LogP contribution in [0.3, 0.4) is 0 Å². The smallest absolute Gasteiger partial charge is 0.321 e. The number of nitrogens with zero attached hydrogens (tertiary/aromatic N) is 4. The molecule has 5 rings (SSSR count). The van der Waals surface area contributed by atoms with Gasteiger partial charge in [-0.2, -0.15) is 5.26 Å². The predicted octanol–water partition coefficient (Wildman–Crippen LogP) is 5.17. The Morgan fingerprint density at radius 3 is 2.60 bits per heavy atom. The number of benzene rings is 2. The summed E-state index contributed by atoms with van der Waals surface area (Å²) in [6.45, 7) is 7.80. The summed E-state index contributed by atoms with van der Waals surface area (Å²) < 4.78 is 17.5. The van der Waals surface area contributed by atoms with Crippen LogP contribution in [0.5, 0.6) is 17.2 Å². The van der Waals surface area contributed by atoms with Crippen molar-refractivity contribution >= 4 is 28.3 Å². The fraction of sp³-hybridized carbons (Fsp3) is 0.469. The Labute approximate surface area is 247 Å². The summed E-state index contributed by atoms with van der Waals surface area (Å²) in [5.74, 6) is 2.02. The van der Waals surface area contributed by atoms with E-state index in [9.17, 15) is 10.1 Å². The lowest BCUT2D eigenvalue weighted by atomic mass is 10.0. The van der Waals surface area contributed by atoms with Crippen molar-refractivity contribution in [1.82, 2.24) is 15.2 Å². The number of methoxy groups -OCH3 is 1. The zero-order valence-electron chi connectivity index (χ0n) is 24.7. The third-order valence-corrected chi connectivity index (χ3v) is 7.74. The minimum atomic E-state index is -0.154. The number of amides is 2. The van der Waals surface area contributed by atoms with E-state index in [-0.39, 0.29) is 12.1 Å². The van der Waals surface area contributed by atoms with Crippen LogP contribution >= 0.6 is 0 Å². The summed E-state index contributed by atoms with van der Waals surface area (Å²) in [6, 6.07) is 13.8. The third kappa shape index (κ3) is 6.97. The monoisotopic (exact) mass is 572 g/mol. The van der Waals surface area contributed by atoms with Gasteiger partial charge >= 0.3 is 6.03 Å². The molecule has 2 N–H and O–H groups in total. The molecule has 1 unspecified atom stereocenters. The van der Waals surface area contributed by atoms with E-state index >= 15 is 0 Å². The highest BCUT2D eigenvalue weighted by atomic mass is 16.5. The molecule has 2 amide bonds. The number of hydrogen-bond donors (Lipinski definition) is 2. The molecule has 42 heavy (non-hydrogen) atoms. The number of urea groups is 1. The molecule has 2 fully saturated rings. The molecular weight excluding hydrogens is 532 g/mol. The van der Waals surface area contributed by atoms with Crippen molar-refractivity contribution in [2.24, 2.45) is 0 Å². The van der Waals surface area contributed by atoms with Crippen LogP contribution < -0.4 is 29.7 Å². The van der Waals surface area contributed by atoms with Gasteiger partial charge in [0, 0.05) is 55.6 Å².